The molecule has 4 rings (SSSR count). The van der Waals surface area contributed by atoms with E-state index in [-0.39, 0.29) is 77.2 Å². The van der Waals surface area contributed by atoms with Crippen LogP contribution < -0.4 is 59.1 Å². The normalized spacial score (nSPS) is 49.0. The number of hydrogen-bond donors (Lipinski definition) is 3. The minimum absolute atomic E-state index is 0. The molecule has 8 atom stereocenters. The van der Waals surface area contributed by atoms with Gasteiger partial charge in [-0.1, -0.05) is 25.5 Å². The molecular formula is C22H29FNa2O5+2. The molecule has 0 saturated heterocycles. The molecule has 3 saturated carbocycles. The summed E-state index contributed by atoms with van der Waals surface area (Å²) in [4.78, 5) is 24.4. The van der Waals surface area contributed by atoms with Crippen LogP contribution >= 0.6 is 0 Å². The van der Waals surface area contributed by atoms with E-state index in [0.29, 0.717) is 24.8 Å². The summed E-state index contributed by atoms with van der Waals surface area (Å²) in [6.07, 6.45) is 4.44. The fourth-order valence-electron chi connectivity index (χ4n) is 7.26. The van der Waals surface area contributed by atoms with Crippen LogP contribution in [0.1, 0.15) is 46.5 Å². The van der Waals surface area contributed by atoms with Crippen LogP contribution in [-0.2, 0) is 9.59 Å². The Hall–Kier alpha value is 0.630. The molecule has 4 aliphatic carbocycles. The first-order chi connectivity index (χ1) is 13.0. The van der Waals surface area contributed by atoms with Gasteiger partial charge in [-0.3, -0.25) is 9.59 Å². The van der Waals surface area contributed by atoms with Crippen molar-refractivity contribution in [1.82, 2.24) is 0 Å². The van der Waals surface area contributed by atoms with Gasteiger partial charge in [0.2, 0.25) is 0 Å². The smallest absolute Gasteiger partial charge is 0.390 e. The molecule has 30 heavy (non-hydrogen) atoms. The number of halogens is 1. The van der Waals surface area contributed by atoms with E-state index in [2.05, 4.69) is 0 Å². The number of aliphatic hydroxyl groups excluding tert-OH is 2. The van der Waals surface area contributed by atoms with E-state index in [4.69, 9.17) is 0 Å². The van der Waals surface area contributed by atoms with Crippen molar-refractivity contribution in [3.63, 3.8) is 0 Å². The first-order valence-electron chi connectivity index (χ1n) is 10.1. The third-order valence-corrected chi connectivity index (χ3v) is 8.79. The third-order valence-electron chi connectivity index (χ3n) is 8.79. The second kappa shape index (κ2) is 8.44. The predicted octanol–water partition coefficient (Wildman–Crippen LogP) is -4.10. The number of fused-ring (bicyclic) bond motifs is 5. The van der Waals surface area contributed by atoms with Crippen LogP contribution in [0.4, 0.5) is 4.39 Å². The average Bonchev–Trinajstić information content (AvgIpc) is 2.84. The monoisotopic (exact) mass is 438 g/mol. The zero-order valence-corrected chi connectivity index (χ0v) is 22.6. The Morgan fingerprint density at radius 3 is 2.50 bits per heavy atom. The van der Waals surface area contributed by atoms with Crippen molar-refractivity contribution in [3.8, 4) is 0 Å². The molecule has 0 aromatic heterocycles. The summed E-state index contributed by atoms with van der Waals surface area (Å²) >= 11 is 0. The van der Waals surface area contributed by atoms with Gasteiger partial charge in [0.15, 0.2) is 17.2 Å². The van der Waals surface area contributed by atoms with Crippen LogP contribution in [0.15, 0.2) is 23.8 Å². The number of carbonyl (C=O) groups excluding carboxylic acids is 2. The summed E-state index contributed by atoms with van der Waals surface area (Å²) in [7, 11) is 0. The molecule has 0 bridgehead atoms. The van der Waals surface area contributed by atoms with Gasteiger partial charge in [-0.05, 0) is 56.6 Å². The van der Waals surface area contributed by atoms with Crippen LogP contribution in [0.5, 0.6) is 0 Å². The summed E-state index contributed by atoms with van der Waals surface area (Å²) in [6, 6.07) is 0. The number of aliphatic hydroxyl groups is 3. The van der Waals surface area contributed by atoms with Crippen molar-refractivity contribution in [1.29, 1.82) is 0 Å². The molecule has 0 aromatic carbocycles. The Balaban J connectivity index is 0.00000160. The van der Waals surface area contributed by atoms with Gasteiger partial charge in [-0.2, -0.15) is 0 Å². The Kier molecular flexibility index (Phi) is 7.57. The minimum atomic E-state index is -1.98. The third kappa shape index (κ3) is 3.05. The number of Topliss-reactive ketones (excluding diaryl/α,β-unsaturated/α-hetero) is 1. The van der Waals surface area contributed by atoms with E-state index in [1.165, 1.54) is 12.2 Å². The standard InChI is InChI=1S/C22H29FO5.2Na/c1-12-8-16-15-5-4-13-9-14(25)6-7-19(13,2)21(15,23)17(26)10-20(16,3)22(12,28)18(27)11-24;;/h6-7,9,12,15-17,24,26,28H,4-5,8,10-11H2,1-3H3;;/q;2*+1/t12-,15-,16-,17-,19-,20-,21-,22-;;/m0../s1. The van der Waals surface area contributed by atoms with E-state index in [1.807, 2.05) is 0 Å². The van der Waals surface area contributed by atoms with Gasteiger partial charge in [0.25, 0.3) is 0 Å². The van der Waals surface area contributed by atoms with Crippen molar-refractivity contribution in [2.45, 2.75) is 63.8 Å². The molecule has 0 spiro atoms. The van der Waals surface area contributed by atoms with Gasteiger partial charge in [0.1, 0.15) is 12.2 Å². The number of alkyl halides is 1. The van der Waals surface area contributed by atoms with E-state index < -0.39 is 52.4 Å². The van der Waals surface area contributed by atoms with Gasteiger partial charge in [-0.15, -0.1) is 0 Å². The number of hydrogen-bond acceptors (Lipinski definition) is 5. The maximum Gasteiger partial charge on any atom is 1.00 e. The van der Waals surface area contributed by atoms with Crippen molar-refractivity contribution in [2.75, 3.05) is 6.61 Å². The van der Waals surface area contributed by atoms with Gasteiger partial charge in [-0.25, -0.2) is 4.39 Å². The van der Waals surface area contributed by atoms with Crippen LogP contribution in [0.2, 0.25) is 0 Å². The Morgan fingerprint density at radius 1 is 1.27 bits per heavy atom. The predicted molar refractivity (Wildman–Crippen MR) is 99.9 cm³/mol. The second-order valence-electron chi connectivity index (χ2n) is 9.75. The van der Waals surface area contributed by atoms with Gasteiger partial charge in [0, 0.05) is 16.7 Å². The van der Waals surface area contributed by atoms with Gasteiger partial charge in [0.05, 0.1) is 6.10 Å². The van der Waals surface area contributed by atoms with Crippen molar-refractivity contribution >= 4 is 11.6 Å². The Labute approximate surface area is 221 Å². The van der Waals surface area contributed by atoms with E-state index in [9.17, 15) is 24.9 Å². The molecule has 0 radical (unpaired) electrons. The van der Waals surface area contributed by atoms with Crippen LogP contribution in [0, 0.1) is 28.6 Å². The SMILES string of the molecule is C[C@H]1C[C@H]2[C@@H]3CCC4=CC(=O)C=C[C@]4(C)[C@@]3(F)[C@@H](O)C[C@]2(C)[C@@]1(O)C(=O)CO.[Na+].[Na+]. The zero-order valence-electron chi connectivity index (χ0n) is 18.6. The maximum atomic E-state index is 16.9. The molecule has 0 amide bonds. The minimum Gasteiger partial charge on any atom is -0.390 e. The molecule has 3 fully saturated rings. The second-order valence-corrected chi connectivity index (χ2v) is 9.75. The summed E-state index contributed by atoms with van der Waals surface area (Å²) in [6.45, 7) is 4.48. The number of ketones is 2. The first-order valence-corrected chi connectivity index (χ1v) is 10.1. The molecule has 8 heteroatoms. The molecular weight excluding hydrogens is 409 g/mol. The number of allylic oxidation sites excluding steroid dienone is 4. The largest absolute Gasteiger partial charge is 1.00 e. The number of rotatable bonds is 2. The summed E-state index contributed by atoms with van der Waals surface area (Å²) in [5.41, 5.74) is -5.17. The fraction of sp³-hybridized carbons (Fsp3) is 0.727. The molecule has 0 unspecified atom stereocenters. The van der Waals surface area contributed by atoms with Crippen molar-refractivity contribution in [3.05, 3.63) is 23.8 Å². The summed E-state index contributed by atoms with van der Waals surface area (Å²) in [5.74, 6) is -2.12. The Bertz CT molecular complexity index is 815. The summed E-state index contributed by atoms with van der Waals surface area (Å²) < 4.78 is 16.9. The van der Waals surface area contributed by atoms with Crippen LogP contribution in [-0.4, -0.2) is 50.9 Å². The molecule has 0 aliphatic heterocycles. The molecule has 154 valence electrons. The quantitative estimate of drug-likeness (QED) is 0.381. The van der Waals surface area contributed by atoms with E-state index >= 15 is 4.39 Å². The molecule has 0 heterocycles. The van der Waals surface area contributed by atoms with E-state index in [0.717, 1.165) is 0 Å². The van der Waals surface area contributed by atoms with Crippen LogP contribution in [0.25, 0.3) is 0 Å². The maximum absolute atomic E-state index is 16.9. The molecule has 3 N–H and O–H groups in total. The fourth-order valence-corrected chi connectivity index (χ4v) is 7.26. The van der Waals surface area contributed by atoms with Gasteiger partial charge < -0.3 is 15.3 Å². The first kappa shape index (κ1) is 26.9. The topological polar surface area (TPSA) is 94.8 Å². The van der Waals surface area contributed by atoms with Crippen molar-refractivity contribution in [2.24, 2.45) is 28.6 Å². The molecule has 0 aromatic rings. The molecule has 4 aliphatic rings. The molecule has 5 nitrogen and oxygen atoms in total. The Morgan fingerprint density at radius 2 is 1.90 bits per heavy atom. The van der Waals surface area contributed by atoms with Crippen molar-refractivity contribution < 1.29 is 88.4 Å². The van der Waals surface area contributed by atoms with E-state index in [1.54, 1.807) is 26.8 Å². The number of carbonyl (C=O) groups is 2. The van der Waals surface area contributed by atoms with Crippen LogP contribution in [0.3, 0.4) is 0 Å². The summed E-state index contributed by atoms with van der Waals surface area (Å²) in [5, 5.41) is 32.0. The van der Waals surface area contributed by atoms with Gasteiger partial charge >= 0.3 is 59.1 Å². The zero-order chi connectivity index (χ0) is 20.7. The average molecular weight is 438 g/mol.